The van der Waals surface area contributed by atoms with E-state index in [2.05, 4.69) is 0 Å². The van der Waals surface area contributed by atoms with Gasteiger partial charge in [0.05, 0.1) is 0 Å². The van der Waals surface area contributed by atoms with Crippen LogP contribution in [0.1, 0.15) is 0 Å². The standard InChI is InChI=1S/C20H14O2/c21-17-11-3-7-13-5-1-9-15(19(13)17)16-10-2-6-14-8-4-12-18(22)20(14)16/h1-12,21-22H. The molecule has 4 aromatic carbocycles. The first-order valence-corrected chi connectivity index (χ1v) is 7.17. The number of phenols is 2. The first-order valence-electron chi connectivity index (χ1n) is 7.17. The number of hydrogen-bond donors (Lipinski definition) is 2. The number of phenolic OH excluding ortho intramolecular Hbond substituents is 2. The van der Waals surface area contributed by atoms with Crippen molar-refractivity contribution >= 4 is 21.5 Å². The molecule has 22 heavy (non-hydrogen) atoms. The fourth-order valence-electron chi connectivity index (χ4n) is 3.09. The second kappa shape index (κ2) is 4.78. The Labute approximate surface area is 127 Å². The highest BCUT2D eigenvalue weighted by molar-refractivity contribution is 6.09. The van der Waals surface area contributed by atoms with E-state index < -0.39 is 0 Å². The van der Waals surface area contributed by atoms with Crippen LogP contribution in [-0.4, -0.2) is 10.2 Å². The Morgan fingerprint density at radius 1 is 0.455 bits per heavy atom. The molecule has 0 saturated carbocycles. The number of fused-ring (bicyclic) bond motifs is 2. The van der Waals surface area contributed by atoms with Gasteiger partial charge in [-0.1, -0.05) is 60.7 Å². The highest BCUT2D eigenvalue weighted by Gasteiger charge is 2.12. The molecule has 0 saturated heterocycles. The zero-order valence-electron chi connectivity index (χ0n) is 11.8. The zero-order chi connectivity index (χ0) is 15.1. The third kappa shape index (κ3) is 1.81. The second-order valence-corrected chi connectivity index (χ2v) is 5.36. The van der Waals surface area contributed by atoms with Crippen LogP contribution in [0.4, 0.5) is 0 Å². The van der Waals surface area contributed by atoms with E-state index in [-0.39, 0.29) is 11.5 Å². The molecule has 0 bridgehead atoms. The minimum atomic E-state index is 0.250. The Balaban J connectivity index is 2.17. The van der Waals surface area contributed by atoms with Gasteiger partial charge in [-0.15, -0.1) is 0 Å². The van der Waals surface area contributed by atoms with E-state index in [0.717, 1.165) is 32.7 Å². The summed E-state index contributed by atoms with van der Waals surface area (Å²) < 4.78 is 0. The van der Waals surface area contributed by atoms with E-state index in [1.165, 1.54) is 0 Å². The third-order valence-electron chi connectivity index (χ3n) is 4.06. The topological polar surface area (TPSA) is 40.5 Å². The summed E-state index contributed by atoms with van der Waals surface area (Å²) in [6.07, 6.45) is 0. The molecule has 4 aromatic rings. The average molecular weight is 286 g/mol. The largest absolute Gasteiger partial charge is 0.507 e. The van der Waals surface area contributed by atoms with Crippen molar-refractivity contribution in [2.75, 3.05) is 0 Å². The first-order chi connectivity index (χ1) is 10.8. The van der Waals surface area contributed by atoms with Gasteiger partial charge in [0.25, 0.3) is 0 Å². The maximum Gasteiger partial charge on any atom is 0.124 e. The van der Waals surface area contributed by atoms with Gasteiger partial charge < -0.3 is 10.2 Å². The smallest absolute Gasteiger partial charge is 0.124 e. The third-order valence-corrected chi connectivity index (χ3v) is 4.06. The molecule has 0 unspecified atom stereocenters. The van der Waals surface area contributed by atoms with Gasteiger partial charge in [0.2, 0.25) is 0 Å². The van der Waals surface area contributed by atoms with Crippen LogP contribution >= 0.6 is 0 Å². The molecule has 106 valence electrons. The molecule has 0 aliphatic rings. The van der Waals surface area contributed by atoms with Crippen LogP contribution in [0.2, 0.25) is 0 Å². The molecule has 0 fully saturated rings. The van der Waals surface area contributed by atoms with E-state index in [4.69, 9.17) is 0 Å². The lowest BCUT2D eigenvalue weighted by atomic mass is 9.93. The lowest BCUT2D eigenvalue weighted by Crippen LogP contribution is -1.85. The fourth-order valence-corrected chi connectivity index (χ4v) is 3.09. The Bertz CT molecular complexity index is 909. The normalized spacial score (nSPS) is 11.1. The lowest BCUT2D eigenvalue weighted by Gasteiger charge is -2.12. The Morgan fingerprint density at radius 2 is 0.818 bits per heavy atom. The lowest BCUT2D eigenvalue weighted by molar-refractivity contribution is 0.481. The van der Waals surface area contributed by atoms with Crippen molar-refractivity contribution in [3.63, 3.8) is 0 Å². The molecule has 0 aromatic heterocycles. The summed E-state index contributed by atoms with van der Waals surface area (Å²) in [6.45, 7) is 0. The van der Waals surface area contributed by atoms with E-state index >= 15 is 0 Å². The monoisotopic (exact) mass is 286 g/mol. The molecular weight excluding hydrogens is 272 g/mol. The molecule has 2 heteroatoms. The summed E-state index contributed by atoms with van der Waals surface area (Å²) in [4.78, 5) is 0. The summed E-state index contributed by atoms with van der Waals surface area (Å²) in [5, 5.41) is 24.2. The second-order valence-electron chi connectivity index (χ2n) is 5.36. The van der Waals surface area contributed by atoms with Gasteiger partial charge in [0.1, 0.15) is 11.5 Å². The van der Waals surface area contributed by atoms with E-state index in [1.807, 2.05) is 60.7 Å². The predicted octanol–water partition coefficient (Wildman–Crippen LogP) is 5.07. The Kier molecular flexibility index (Phi) is 2.76. The molecule has 0 aliphatic heterocycles. The van der Waals surface area contributed by atoms with Crippen LogP contribution in [0, 0.1) is 0 Å². The Hall–Kier alpha value is -3.00. The molecule has 0 spiro atoms. The van der Waals surface area contributed by atoms with Gasteiger partial charge in [-0.05, 0) is 34.0 Å². The maximum atomic E-state index is 10.3. The fraction of sp³-hybridized carbons (Fsp3) is 0. The summed E-state index contributed by atoms with van der Waals surface area (Å²) in [6, 6.07) is 22.8. The van der Waals surface area contributed by atoms with Gasteiger partial charge in [0.15, 0.2) is 0 Å². The van der Waals surface area contributed by atoms with E-state index in [9.17, 15) is 10.2 Å². The molecule has 0 atom stereocenters. The summed E-state index contributed by atoms with van der Waals surface area (Å²) in [5.41, 5.74) is 1.84. The quantitative estimate of drug-likeness (QED) is 0.513. The minimum Gasteiger partial charge on any atom is -0.507 e. The summed E-state index contributed by atoms with van der Waals surface area (Å²) in [7, 11) is 0. The molecule has 4 rings (SSSR count). The predicted molar refractivity (Wildman–Crippen MR) is 90.2 cm³/mol. The highest BCUT2D eigenvalue weighted by atomic mass is 16.3. The van der Waals surface area contributed by atoms with E-state index in [1.54, 1.807) is 12.1 Å². The minimum absolute atomic E-state index is 0.250. The molecule has 0 aliphatic carbocycles. The Morgan fingerprint density at radius 3 is 1.23 bits per heavy atom. The number of aromatic hydroxyl groups is 2. The van der Waals surface area contributed by atoms with Crippen LogP contribution in [-0.2, 0) is 0 Å². The van der Waals surface area contributed by atoms with Crippen molar-refractivity contribution in [3.05, 3.63) is 72.8 Å². The van der Waals surface area contributed by atoms with Gasteiger partial charge in [0, 0.05) is 10.8 Å². The van der Waals surface area contributed by atoms with Crippen molar-refractivity contribution in [1.29, 1.82) is 0 Å². The maximum absolute atomic E-state index is 10.3. The highest BCUT2D eigenvalue weighted by Crippen LogP contribution is 2.40. The zero-order valence-corrected chi connectivity index (χ0v) is 11.8. The van der Waals surface area contributed by atoms with Crippen LogP contribution in [0.15, 0.2) is 72.8 Å². The number of benzene rings is 4. The van der Waals surface area contributed by atoms with Crippen LogP contribution in [0.3, 0.4) is 0 Å². The number of hydrogen-bond acceptors (Lipinski definition) is 2. The molecule has 0 heterocycles. The van der Waals surface area contributed by atoms with Crippen LogP contribution in [0.5, 0.6) is 11.5 Å². The van der Waals surface area contributed by atoms with Crippen molar-refractivity contribution < 1.29 is 10.2 Å². The summed E-state index contributed by atoms with van der Waals surface area (Å²) in [5.74, 6) is 0.501. The van der Waals surface area contributed by atoms with Crippen LogP contribution in [0.25, 0.3) is 32.7 Å². The molecule has 2 N–H and O–H groups in total. The van der Waals surface area contributed by atoms with Crippen molar-refractivity contribution in [2.45, 2.75) is 0 Å². The van der Waals surface area contributed by atoms with Crippen molar-refractivity contribution in [2.24, 2.45) is 0 Å². The number of rotatable bonds is 1. The molecule has 0 radical (unpaired) electrons. The van der Waals surface area contributed by atoms with Crippen LogP contribution < -0.4 is 0 Å². The van der Waals surface area contributed by atoms with Crippen molar-refractivity contribution in [3.8, 4) is 22.6 Å². The first kappa shape index (κ1) is 12.7. The van der Waals surface area contributed by atoms with Gasteiger partial charge in [-0.3, -0.25) is 0 Å². The van der Waals surface area contributed by atoms with Gasteiger partial charge >= 0.3 is 0 Å². The van der Waals surface area contributed by atoms with Gasteiger partial charge in [-0.2, -0.15) is 0 Å². The van der Waals surface area contributed by atoms with Crippen molar-refractivity contribution in [1.82, 2.24) is 0 Å². The van der Waals surface area contributed by atoms with E-state index in [0.29, 0.717) is 0 Å². The molecule has 0 amide bonds. The molecule has 2 nitrogen and oxygen atoms in total. The molecular formula is C20H14O2. The van der Waals surface area contributed by atoms with Gasteiger partial charge in [-0.25, -0.2) is 0 Å². The SMILES string of the molecule is Oc1cccc2cccc(-c3cccc4cccc(O)c34)c12. The summed E-state index contributed by atoms with van der Waals surface area (Å²) >= 11 is 0. The average Bonchev–Trinajstić information content (AvgIpc) is 2.54.